The number of hydrogen-bond donors (Lipinski definition) is 1. The van der Waals surface area contributed by atoms with E-state index < -0.39 is 0 Å². The zero-order valence-corrected chi connectivity index (χ0v) is 13.0. The first-order valence-electron chi connectivity index (χ1n) is 8.81. The lowest BCUT2D eigenvalue weighted by Gasteiger charge is -2.52. The van der Waals surface area contributed by atoms with Gasteiger partial charge in [0.15, 0.2) is 0 Å². The molecule has 3 saturated carbocycles. The molecule has 0 saturated heterocycles. The van der Waals surface area contributed by atoms with Crippen molar-refractivity contribution in [3.8, 4) is 0 Å². The summed E-state index contributed by atoms with van der Waals surface area (Å²) < 4.78 is 2.47. The van der Waals surface area contributed by atoms with Crippen LogP contribution in [0.25, 0.3) is 0 Å². The first kappa shape index (κ1) is 13.7. The van der Waals surface area contributed by atoms with Crippen molar-refractivity contribution in [1.82, 2.24) is 14.8 Å². The van der Waals surface area contributed by atoms with Gasteiger partial charge in [-0.3, -0.25) is 0 Å². The van der Waals surface area contributed by atoms with Crippen LogP contribution in [0.15, 0.2) is 0 Å². The second-order valence-electron chi connectivity index (χ2n) is 7.69. The van der Waals surface area contributed by atoms with Gasteiger partial charge >= 0.3 is 0 Å². The summed E-state index contributed by atoms with van der Waals surface area (Å²) in [5.74, 6) is 2.51. The molecule has 0 spiro atoms. The fourth-order valence-corrected chi connectivity index (χ4v) is 4.89. The van der Waals surface area contributed by atoms with Crippen LogP contribution in [0.2, 0.25) is 0 Å². The molecule has 4 aliphatic rings. The molecule has 21 heavy (non-hydrogen) atoms. The molecule has 4 heteroatoms. The minimum Gasteiger partial charge on any atom is -0.396 e. The number of aliphatic hydroxyl groups excluding tert-OH is 1. The molecular formula is C17H27N3O. The lowest BCUT2D eigenvalue weighted by molar-refractivity contribution is -0.0111. The summed E-state index contributed by atoms with van der Waals surface area (Å²) in [5, 5.41) is 18.9. The van der Waals surface area contributed by atoms with Crippen molar-refractivity contribution in [3.05, 3.63) is 11.6 Å². The van der Waals surface area contributed by atoms with Crippen LogP contribution >= 0.6 is 0 Å². The predicted octanol–water partition coefficient (Wildman–Crippen LogP) is 2.98. The van der Waals surface area contributed by atoms with Crippen molar-refractivity contribution in [2.45, 2.75) is 82.6 Å². The van der Waals surface area contributed by atoms with Gasteiger partial charge in [-0.25, -0.2) is 0 Å². The Balaban J connectivity index is 1.65. The number of aryl methyl sites for hydroxylation is 1. The number of nitrogens with zero attached hydrogens (tertiary/aromatic N) is 3. The Morgan fingerprint density at radius 2 is 1.62 bits per heavy atom. The van der Waals surface area contributed by atoms with Crippen molar-refractivity contribution in [1.29, 1.82) is 0 Å². The van der Waals surface area contributed by atoms with Crippen LogP contribution in [0.5, 0.6) is 0 Å². The summed E-state index contributed by atoms with van der Waals surface area (Å²) in [6.07, 6.45) is 13.4. The van der Waals surface area contributed by atoms with Gasteiger partial charge in [0.2, 0.25) is 0 Å². The monoisotopic (exact) mass is 289 g/mol. The van der Waals surface area contributed by atoms with Crippen LogP contribution in [0, 0.1) is 5.41 Å². The van der Waals surface area contributed by atoms with Gasteiger partial charge in [0.25, 0.3) is 0 Å². The van der Waals surface area contributed by atoms with E-state index in [-0.39, 0.29) is 10.8 Å². The predicted molar refractivity (Wildman–Crippen MR) is 81.1 cm³/mol. The van der Waals surface area contributed by atoms with Crippen molar-refractivity contribution in [2.75, 3.05) is 6.61 Å². The van der Waals surface area contributed by atoms with Gasteiger partial charge in [0.05, 0.1) is 0 Å². The molecule has 2 bridgehead atoms. The third kappa shape index (κ3) is 2.14. The van der Waals surface area contributed by atoms with Crippen LogP contribution in [0.1, 0.15) is 75.9 Å². The van der Waals surface area contributed by atoms with Gasteiger partial charge in [0, 0.05) is 25.0 Å². The van der Waals surface area contributed by atoms with Gasteiger partial charge < -0.3 is 9.67 Å². The zero-order valence-electron chi connectivity index (χ0n) is 13.0. The smallest absolute Gasteiger partial charge is 0.139 e. The Morgan fingerprint density at radius 3 is 2.33 bits per heavy atom. The fraction of sp³-hybridized carbons (Fsp3) is 0.882. The van der Waals surface area contributed by atoms with E-state index in [2.05, 4.69) is 14.8 Å². The van der Waals surface area contributed by atoms with E-state index in [0.717, 1.165) is 13.0 Å². The van der Waals surface area contributed by atoms with Gasteiger partial charge in [-0.2, -0.15) is 0 Å². The summed E-state index contributed by atoms with van der Waals surface area (Å²) >= 11 is 0. The van der Waals surface area contributed by atoms with Crippen molar-refractivity contribution in [3.63, 3.8) is 0 Å². The highest BCUT2D eigenvalue weighted by atomic mass is 16.3. The molecule has 0 radical (unpaired) electrons. The summed E-state index contributed by atoms with van der Waals surface area (Å²) in [7, 11) is 0. The van der Waals surface area contributed by atoms with Crippen molar-refractivity contribution >= 4 is 0 Å². The SMILES string of the molecule is OCC12CCC(c3nnc4n3CCCCCC4)(CC1)CC2. The molecule has 1 aromatic rings. The minimum atomic E-state index is 0.237. The quantitative estimate of drug-likeness (QED) is 0.910. The van der Waals surface area contributed by atoms with Crippen LogP contribution in [-0.4, -0.2) is 26.5 Å². The third-order valence-electron chi connectivity index (χ3n) is 6.57. The first-order valence-corrected chi connectivity index (χ1v) is 8.81. The average molecular weight is 289 g/mol. The number of fused-ring (bicyclic) bond motifs is 4. The molecule has 2 heterocycles. The average Bonchev–Trinajstić information content (AvgIpc) is 2.91. The van der Waals surface area contributed by atoms with Gasteiger partial charge in [-0.15, -0.1) is 10.2 Å². The number of aromatic nitrogens is 3. The second kappa shape index (κ2) is 5.08. The number of rotatable bonds is 2. The van der Waals surface area contributed by atoms with Crippen LogP contribution in [0.4, 0.5) is 0 Å². The molecule has 116 valence electrons. The summed E-state index contributed by atoms with van der Waals surface area (Å²) in [4.78, 5) is 0. The van der Waals surface area contributed by atoms with Gasteiger partial charge in [-0.1, -0.05) is 12.8 Å². The normalized spacial score (nSPS) is 36.0. The molecule has 1 N–H and O–H groups in total. The Hall–Kier alpha value is -0.900. The number of aliphatic hydroxyl groups is 1. The Kier molecular flexibility index (Phi) is 3.32. The van der Waals surface area contributed by atoms with Crippen LogP contribution in [0.3, 0.4) is 0 Å². The highest BCUT2D eigenvalue weighted by molar-refractivity contribution is 5.17. The van der Waals surface area contributed by atoms with Crippen LogP contribution < -0.4 is 0 Å². The van der Waals surface area contributed by atoms with Gasteiger partial charge in [-0.05, 0) is 56.8 Å². The molecule has 3 aliphatic carbocycles. The topological polar surface area (TPSA) is 50.9 Å². The maximum atomic E-state index is 9.71. The Bertz CT molecular complexity index is 498. The Labute approximate surface area is 127 Å². The number of hydrogen-bond acceptors (Lipinski definition) is 3. The minimum absolute atomic E-state index is 0.237. The molecule has 0 atom stereocenters. The fourth-order valence-electron chi connectivity index (χ4n) is 4.89. The highest BCUT2D eigenvalue weighted by Gasteiger charge is 2.51. The van der Waals surface area contributed by atoms with E-state index in [1.54, 1.807) is 0 Å². The molecule has 4 nitrogen and oxygen atoms in total. The lowest BCUT2D eigenvalue weighted by Crippen LogP contribution is -2.47. The molecule has 5 rings (SSSR count). The highest BCUT2D eigenvalue weighted by Crippen LogP contribution is 2.57. The largest absolute Gasteiger partial charge is 0.396 e. The van der Waals surface area contributed by atoms with Crippen molar-refractivity contribution < 1.29 is 5.11 Å². The summed E-state index contributed by atoms with van der Waals surface area (Å²) in [6.45, 7) is 1.49. The molecule has 3 fully saturated rings. The summed E-state index contributed by atoms with van der Waals surface area (Å²) in [5.41, 5.74) is 0.502. The molecule has 0 amide bonds. The van der Waals surface area contributed by atoms with E-state index in [9.17, 15) is 5.11 Å². The Morgan fingerprint density at radius 1 is 0.905 bits per heavy atom. The van der Waals surface area contributed by atoms with Gasteiger partial charge in [0.1, 0.15) is 11.6 Å². The van der Waals surface area contributed by atoms with E-state index >= 15 is 0 Å². The van der Waals surface area contributed by atoms with E-state index in [1.165, 1.54) is 75.9 Å². The second-order valence-corrected chi connectivity index (χ2v) is 7.69. The molecule has 0 aromatic carbocycles. The molecule has 1 aromatic heterocycles. The van der Waals surface area contributed by atoms with E-state index in [0.29, 0.717) is 6.61 Å². The first-order chi connectivity index (χ1) is 10.3. The van der Waals surface area contributed by atoms with E-state index in [1.807, 2.05) is 0 Å². The lowest BCUT2D eigenvalue weighted by atomic mass is 9.53. The third-order valence-corrected chi connectivity index (χ3v) is 6.57. The van der Waals surface area contributed by atoms with Crippen molar-refractivity contribution in [2.24, 2.45) is 5.41 Å². The molecular weight excluding hydrogens is 262 g/mol. The maximum absolute atomic E-state index is 9.71. The summed E-state index contributed by atoms with van der Waals surface area (Å²) in [6, 6.07) is 0. The van der Waals surface area contributed by atoms with E-state index in [4.69, 9.17) is 0 Å². The van der Waals surface area contributed by atoms with Crippen LogP contribution in [-0.2, 0) is 18.4 Å². The standard InChI is InChI=1S/C17H27N3O/c21-13-16-6-9-17(10-7-16,11-8-16)15-19-18-14-5-3-1-2-4-12-20(14)15/h21H,1-13H2. The molecule has 0 unspecified atom stereocenters. The zero-order chi connectivity index (χ0) is 14.3. The molecule has 1 aliphatic heterocycles. The maximum Gasteiger partial charge on any atom is 0.139 e.